The molecule has 0 saturated carbocycles. The van der Waals surface area contributed by atoms with Crippen LogP contribution in [0, 0.1) is 23.5 Å². The number of carbonyl (C=O) groups is 2. The van der Waals surface area contributed by atoms with Gasteiger partial charge in [-0.2, -0.15) is 5.10 Å². The standard InChI is InChI=1S/C24H20F2N4O2/c1-24(20-11-12-28(2)27-20)15-21(31)30(23(32)29(24)3)22-18(25)13-17(14-19(22)26)10-9-16-7-5-4-6-8-16/h4-8,11-14H,15H2,1-3H3/t24-/m0/s1. The number of carbonyl (C=O) groups excluding carboxylic acids is 2. The molecule has 0 aliphatic carbocycles. The van der Waals surface area contributed by atoms with E-state index in [0.717, 1.165) is 12.1 Å². The Labute approximate surface area is 184 Å². The number of benzene rings is 2. The van der Waals surface area contributed by atoms with Gasteiger partial charge in [0, 0.05) is 31.4 Å². The first-order chi connectivity index (χ1) is 15.2. The van der Waals surface area contributed by atoms with Crippen LogP contribution in [0.1, 0.15) is 30.2 Å². The van der Waals surface area contributed by atoms with E-state index in [-0.39, 0.29) is 12.0 Å². The van der Waals surface area contributed by atoms with Crippen LogP contribution in [-0.4, -0.2) is 33.7 Å². The molecule has 0 radical (unpaired) electrons. The Bertz CT molecular complexity index is 1250. The summed E-state index contributed by atoms with van der Waals surface area (Å²) in [5.41, 5.74) is -0.457. The Morgan fingerprint density at radius 2 is 1.59 bits per heavy atom. The van der Waals surface area contributed by atoms with Gasteiger partial charge in [0.05, 0.1) is 17.7 Å². The molecule has 1 saturated heterocycles. The number of rotatable bonds is 2. The summed E-state index contributed by atoms with van der Waals surface area (Å²) in [5, 5.41) is 4.30. The minimum atomic E-state index is -1.04. The second kappa shape index (κ2) is 7.93. The summed E-state index contributed by atoms with van der Waals surface area (Å²) >= 11 is 0. The number of aryl methyl sites for hydroxylation is 1. The van der Waals surface area contributed by atoms with Crippen LogP contribution in [-0.2, 0) is 17.4 Å². The smallest absolute Gasteiger partial charge is 0.315 e. The molecule has 2 heterocycles. The van der Waals surface area contributed by atoms with Gasteiger partial charge in [-0.3, -0.25) is 9.48 Å². The van der Waals surface area contributed by atoms with Crippen molar-refractivity contribution in [3.05, 3.63) is 83.2 Å². The van der Waals surface area contributed by atoms with E-state index in [9.17, 15) is 18.4 Å². The number of anilines is 1. The highest BCUT2D eigenvalue weighted by atomic mass is 19.1. The van der Waals surface area contributed by atoms with Gasteiger partial charge < -0.3 is 4.90 Å². The van der Waals surface area contributed by atoms with Crippen molar-refractivity contribution in [3.8, 4) is 11.8 Å². The Morgan fingerprint density at radius 3 is 2.19 bits per heavy atom. The van der Waals surface area contributed by atoms with Crippen molar-refractivity contribution in [2.24, 2.45) is 7.05 Å². The zero-order chi connectivity index (χ0) is 23.0. The van der Waals surface area contributed by atoms with E-state index >= 15 is 0 Å². The second-order valence-corrected chi connectivity index (χ2v) is 7.80. The van der Waals surface area contributed by atoms with Crippen LogP contribution in [0.2, 0.25) is 0 Å². The zero-order valence-electron chi connectivity index (χ0n) is 17.8. The van der Waals surface area contributed by atoms with Crippen LogP contribution < -0.4 is 4.90 Å². The predicted molar refractivity (Wildman–Crippen MR) is 115 cm³/mol. The zero-order valence-corrected chi connectivity index (χ0v) is 17.8. The van der Waals surface area contributed by atoms with E-state index in [4.69, 9.17) is 0 Å². The molecule has 1 aromatic heterocycles. The molecule has 32 heavy (non-hydrogen) atoms. The fraction of sp³-hybridized carbons (Fsp3) is 0.208. The maximum Gasteiger partial charge on any atom is 0.332 e. The molecule has 8 heteroatoms. The average molecular weight is 434 g/mol. The Hall–Kier alpha value is -3.99. The minimum Gasteiger partial charge on any atom is -0.315 e. The molecule has 2 aromatic carbocycles. The lowest BCUT2D eigenvalue weighted by Gasteiger charge is -2.44. The first-order valence-corrected chi connectivity index (χ1v) is 9.87. The van der Waals surface area contributed by atoms with Crippen molar-refractivity contribution >= 4 is 17.6 Å². The van der Waals surface area contributed by atoms with E-state index < -0.39 is 34.8 Å². The molecule has 0 N–H and O–H groups in total. The Balaban J connectivity index is 1.67. The lowest BCUT2D eigenvalue weighted by Crippen LogP contribution is -2.60. The topological polar surface area (TPSA) is 58.4 Å². The summed E-state index contributed by atoms with van der Waals surface area (Å²) in [6.45, 7) is 1.69. The van der Waals surface area contributed by atoms with Gasteiger partial charge in [0.15, 0.2) is 11.6 Å². The van der Waals surface area contributed by atoms with Gasteiger partial charge in [0.25, 0.3) is 0 Å². The van der Waals surface area contributed by atoms with Crippen LogP contribution in [0.5, 0.6) is 0 Å². The summed E-state index contributed by atoms with van der Waals surface area (Å²) in [6, 6.07) is 11.9. The predicted octanol–water partition coefficient (Wildman–Crippen LogP) is 3.80. The fourth-order valence-electron chi connectivity index (χ4n) is 3.66. The van der Waals surface area contributed by atoms with Gasteiger partial charge in [0.1, 0.15) is 5.69 Å². The first-order valence-electron chi connectivity index (χ1n) is 9.87. The number of aromatic nitrogens is 2. The van der Waals surface area contributed by atoms with E-state index in [1.54, 1.807) is 55.2 Å². The number of hydrogen-bond donors (Lipinski definition) is 0. The molecule has 0 bridgehead atoms. The summed E-state index contributed by atoms with van der Waals surface area (Å²) in [7, 11) is 3.20. The van der Waals surface area contributed by atoms with Gasteiger partial charge in [0.2, 0.25) is 5.91 Å². The van der Waals surface area contributed by atoms with Crippen LogP contribution in [0.3, 0.4) is 0 Å². The number of halogens is 2. The molecule has 3 aromatic rings. The van der Waals surface area contributed by atoms with Crippen molar-refractivity contribution in [2.75, 3.05) is 11.9 Å². The van der Waals surface area contributed by atoms with E-state index in [1.165, 1.54) is 11.9 Å². The highest BCUT2D eigenvalue weighted by Crippen LogP contribution is 2.38. The number of imide groups is 1. The summed E-state index contributed by atoms with van der Waals surface area (Å²) < 4.78 is 31.4. The third kappa shape index (κ3) is 3.62. The van der Waals surface area contributed by atoms with Crippen molar-refractivity contribution in [1.29, 1.82) is 0 Å². The van der Waals surface area contributed by atoms with Gasteiger partial charge in [-0.15, -0.1) is 0 Å². The third-order valence-electron chi connectivity index (χ3n) is 5.59. The van der Waals surface area contributed by atoms with Crippen molar-refractivity contribution < 1.29 is 18.4 Å². The van der Waals surface area contributed by atoms with E-state index in [1.807, 2.05) is 6.07 Å². The Morgan fingerprint density at radius 1 is 0.969 bits per heavy atom. The number of hydrogen-bond acceptors (Lipinski definition) is 3. The number of nitrogens with zero attached hydrogens (tertiary/aromatic N) is 4. The maximum atomic E-state index is 14.9. The molecular weight excluding hydrogens is 414 g/mol. The largest absolute Gasteiger partial charge is 0.332 e. The summed E-state index contributed by atoms with van der Waals surface area (Å²) in [5.74, 6) is 2.72. The molecule has 1 atom stereocenters. The monoisotopic (exact) mass is 434 g/mol. The lowest BCUT2D eigenvalue weighted by atomic mass is 9.89. The molecule has 6 nitrogen and oxygen atoms in total. The third-order valence-corrected chi connectivity index (χ3v) is 5.59. The molecule has 0 spiro atoms. The minimum absolute atomic E-state index is 0.0937. The van der Waals surface area contributed by atoms with Gasteiger partial charge in [-0.05, 0) is 37.3 Å². The molecule has 3 amide bonds. The van der Waals surface area contributed by atoms with Gasteiger partial charge in [-0.25, -0.2) is 18.5 Å². The molecule has 4 rings (SSSR count). The van der Waals surface area contributed by atoms with Gasteiger partial charge >= 0.3 is 6.03 Å². The van der Waals surface area contributed by atoms with Crippen molar-refractivity contribution in [1.82, 2.24) is 14.7 Å². The molecule has 1 aliphatic heterocycles. The highest BCUT2D eigenvalue weighted by Gasteiger charge is 2.48. The highest BCUT2D eigenvalue weighted by molar-refractivity contribution is 6.16. The number of urea groups is 1. The fourth-order valence-corrected chi connectivity index (χ4v) is 3.66. The van der Waals surface area contributed by atoms with E-state index in [0.29, 0.717) is 16.2 Å². The molecule has 0 unspecified atom stereocenters. The summed E-state index contributed by atoms with van der Waals surface area (Å²) in [6.07, 6.45) is 1.52. The van der Waals surface area contributed by atoms with Crippen LogP contribution in [0.4, 0.5) is 19.3 Å². The summed E-state index contributed by atoms with van der Waals surface area (Å²) in [4.78, 5) is 27.8. The normalized spacial score (nSPS) is 18.5. The first kappa shape index (κ1) is 21.2. The van der Waals surface area contributed by atoms with Crippen molar-refractivity contribution in [2.45, 2.75) is 18.9 Å². The molecule has 1 fully saturated rings. The number of amides is 3. The maximum absolute atomic E-state index is 14.9. The van der Waals surface area contributed by atoms with Crippen LogP contribution in [0.25, 0.3) is 0 Å². The quantitative estimate of drug-likeness (QED) is 0.577. The SMILES string of the molecule is CN1C(=O)N(c2c(F)cc(C#Cc3ccccc3)cc2F)C(=O)C[C@@]1(C)c1ccn(C)n1. The molecule has 162 valence electrons. The Kier molecular flexibility index (Phi) is 5.26. The van der Waals surface area contributed by atoms with Gasteiger partial charge in [-0.1, -0.05) is 30.0 Å². The van der Waals surface area contributed by atoms with Crippen molar-refractivity contribution in [3.63, 3.8) is 0 Å². The van der Waals surface area contributed by atoms with Crippen LogP contribution >= 0.6 is 0 Å². The van der Waals surface area contributed by atoms with E-state index in [2.05, 4.69) is 16.9 Å². The lowest BCUT2D eigenvalue weighted by molar-refractivity contribution is -0.122. The molecular formula is C24H20F2N4O2. The average Bonchev–Trinajstić information content (AvgIpc) is 3.20. The second-order valence-electron chi connectivity index (χ2n) is 7.80. The van der Waals surface area contributed by atoms with Crippen LogP contribution in [0.15, 0.2) is 54.7 Å². The molecule has 1 aliphatic rings.